The van der Waals surface area contributed by atoms with Crippen molar-refractivity contribution in [2.75, 3.05) is 11.4 Å². The Bertz CT molecular complexity index is 1220. The molecule has 0 spiro atoms. The largest absolute Gasteiger partial charge is 0.457 e. The van der Waals surface area contributed by atoms with Crippen LogP contribution in [0.5, 0.6) is 11.5 Å². The van der Waals surface area contributed by atoms with Crippen molar-refractivity contribution in [3.63, 3.8) is 0 Å². The minimum absolute atomic E-state index is 0.00681. The van der Waals surface area contributed by atoms with Gasteiger partial charge in [0.1, 0.15) is 11.5 Å². The van der Waals surface area contributed by atoms with Crippen LogP contribution in [0.4, 0.5) is 10.5 Å². The summed E-state index contributed by atoms with van der Waals surface area (Å²) in [7, 11) is 0. The van der Waals surface area contributed by atoms with E-state index in [9.17, 15) is 9.59 Å². The standard InChI is InChI=1S/C27H31N5O3S/c1-15-14-17(35-16-6-3-2-4-7-16)10-11-20(15)32-21-12-13-29-26-22(21)23(31-27(32)34)24(36-26)25(33)30-19-9-5-8-18(19)28/h2-4,6-7,10-11,14,18-19,21-22,26,29H,5,8-9,12-13,28H2,1H3,(H,30,33)(H,31,34)/t18-,19+,21?,22?,26?/m1/s1. The summed E-state index contributed by atoms with van der Waals surface area (Å²) in [6, 6.07) is 15.2. The van der Waals surface area contributed by atoms with E-state index in [1.807, 2.05) is 60.4 Å². The smallest absolute Gasteiger partial charge is 0.326 e. The molecular formula is C27H31N5O3S. The number of anilines is 1. The van der Waals surface area contributed by atoms with E-state index in [4.69, 9.17) is 10.5 Å². The van der Waals surface area contributed by atoms with Gasteiger partial charge < -0.3 is 26.4 Å². The van der Waals surface area contributed by atoms with E-state index in [-0.39, 0.29) is 41.4 Å². The van der Waals surface area contributed by atoms with E-state index in [1.54, 1.807) is 0 Å². The second kappa shape index (κ2) is 9.46. The van der Waals surface area contributed by atoms with Crippen molar-refractivity contribution in [2.24, 2.45) is 11.7 Å². The van der Waals surface area contributed by atoms with Gasteiger partial charge in [-0.05, 0) is 75.0 Å². The number of amides is 3. The third-order valence-corrected chi connectivity index (χ3v) is 8.99. The number of urea groups is 1. The van der Waals surface area contributed by atoms with Crippen molar-refractivity contribution in [2.45, 2.75) is 56.1 Å². The molecule has 36 heavy (non-hydrogen) atoms. The van der Waals surface area contributed by atoms with E-state index in [0.717, 1.165) is 60.7 Å². The van der Waals surface area contributed by atoms with Gasteiger partial charge in [0, 0.05) is 29.4 Å². The van der Waals surface area contributed by atoms with Crippen LogP contribution in [0.15, 0.2) is 59.1 Å². The zero-order valence-electron chi connectivity index (χ0n) is 20.2. The Balaban J connectivity index is 1.26. The molecule has 0 radical (unpaired) electrons. The van der Waals surface area contributed by atoms with E-state index >= 15 is 0 Å². The molecule has 5 atom stereocenters. The molecule has 1 aliphatic carbocycles. The van der Waals surface area contributed by atoms with Crippen LogP contribution in [0.1, 0.15) is 31.2 Å². The molecule has 0 aromatic heterocycles. The molecule has 3 heterocycles. The van der Waals surface area contributed by atoms with Crippen molar-refractivity contribution in [3.05, 3.63) is 64.7 Å². The van der Waals surface area contributed by atoms with Gasteiger partial charge in [0.15, 0.2) is 0 Å². The summed E-state index contributed by atoms with van der Waals surface area (Å²) >= 11 is 1.53. The molecular weight excluding hydrogens is 474 g/mol. The molecule has 2 saturated heterocycles. The Morgan fingerprint density at radius 3 is 2.72 bits per heavy atom. The van der Waals surface area contributed by atoms with Gasteiger partial charge in [-0.2, -0.15) is 0 Å². The molecule has 3 amide bonds. The van der Waals surface area contributed by atoms with Crippen molar-refractivity contribution in [1.82, 2.24) is 16.0 Å². The highest BCUT2D eigenvalue weighted by atomic mass is 32.2. The number of nitrogens with zero attached hydrogens (tertiary/aromatic N) is 1. The quantitative estimate of drug-likeness (QED) is 0.495. The summed E-state index contributed by atoms with van der Waals surface area (Å²) < 4.78 is 5.99. The predicted octanol–water partition coefficient (Wildman–Crippen LogP) is 3.58. The van der Waals surface area contributed by atoms with Crippen molar-refractivity contribution in [1.29, 1.82) is 0 Å². The van der Waals surface area contributed by atoms with Crippen molar-refractivity contribution < 1.29 is 14.3 Å². The van der Waals surface area contributed by atoms with Crippen LogP contribution in [0.3, 0.4) is 0 Å². The molecule has 4 aliphatic rings. The SMILES string of the molecule is Cc1cc(Oc2ccccc2)ccc1N1C(=O)NC2=C(C(=O)N[C@H]3CCC[C@H]3N)SC3NCCC1C23. The number of nitrogens with one attached hydrogen (secondary N) is 3. The summed E-state index contributed by atoms with van der Waals surface area (Å²) in [5.74, 6) is 1.38. The van der Waals surface area contributed by atoms with Gasteiger partial charge in [0.05, 0.1) is 16.3 Å². The minimum atomic E-state index is -0.197. The molecule has 6 rings (SSSR count). The number of nitrogens with two attached hydrogens (primary N) is 1. The molecule has 2 aromatic rings. The average Bonchev–Trinajstić information content (AvgIpc) is 3.45. The first-order valence-corrected chi connectivity index (χ1v) is 13.5. The third-order valence-electron chi connectivity index (χ3n) is 7.64. The maximum absolute atomic E-state index is 13.5. The number of benzene rings is 2. The maximum atomic E-state index is 13.5. The Hall–Kier alpha value is -3.01. The number of rotatable bonds is 5. The molecule has 3 unspecified atom stereocenters. The predicted molar refractivity (Wildman–Crippen MR) is 141 cm³/mol. The highest BCUT2D eigenvalue weighted by molar-refractivity contribution is 8.04. The number of para-hydroxylation sites is 1. The van der Waals surface area contributed by atoms with E-state index in [0.29, 0.717) is 4.91 Å². The van der Waals surface area contributed by atoms with Crippen LogP contribution < -0.4 is 31.3 Å². The second-order valence-electron chi connectivity index (χ2n) is 9.96. The van der Waals surface area contributed by atoms with Crippen LogP contribution in [0, 0.1) is 12.8 Å². The van der Waals surface area contributed by atoms with Crippen LogP contribution in [0.25, 0.3) is 0 Å². The second-order valence-corrected chi connectivity index (χ2v) is 11.1. The molecule has 0 bridgehead atoms. The lowest BCUT2D eigenvalue weighted by Gasteiger charge is -2.46. The normalized spacial score (nSPS) is 29.1. The number of hydrogen-bond donors (Lipinski definition) is 4. The fraction of sp³-hybridized carbons (Fsp3) is 0.407. The van der Waals surface area contributed by atoms with Crippen LogP contribution in [-0.2, 0) is 4.79 Å². The van der Waals surface area contributed by atoms with Crippen LogP contribution in [0.2, 0.25) is 0 Å². The topological polar surface area (TPSA) is 109 Å². The molecule has 3 aliphatic heterocycles. The fourth-order valence-electron chi connectivity index (χ4n) is 5.89. The van der Waals surface area contributed by atoms with Gasteiger partial charge in [-0.15, -0.1) is 0 Å². The summed E-state index contributed by atoms with van der Waals surface area (Å²) in [6.07, 6.45) is 3.67. The Morgan fingerprint density at radius 1 is 1.14 bits per heavy atom. The number of hydrogen-bond acceptors (Lipinski definition) is 6. The molecule has 3 fully saturated rings. The Morgan fingerprint density at radius 2 is 1.97 bits per heavy atom. The number of aryl methyl sites for hydroxylation is 1. The maximum Gasteiger partial charge on any atom is 0.326 e. The number of piperidine rings is 1. The Kier molecular flexibility index (Phi) is 6.15. The van der Waals surface area contributed by atoms with Crippen molar-refractivity contribution in [3.8, 4) is 11.5 Å². The minimum Gasteiger partial charge on any atom is -0.457 e. The molecule has 8 nitrogen and oxygen atoms in total. The van der Waals surface area contributed by atoms with Gasteiger partial charge in [0.2, 0.25) is 0 Å². The number of ether oxygens (including phenoxy) is 1. The van der Waals surface area contributed by atoms with Gasteiger partial charge in [-0.1, -0.05) is 30.0 Å². The summed E-state index contributed by atoms with van der Waals surface area (Å²) in [6.45, 7) is 2.78. The van der Waals surface area contributed by atoms with E-state index in [2.05, 4.69) is 16.0 Å². The fourth-order valence-corrected chi connectivity index (χ4v) is 7.29. The summed E-state index contributed by atoms with van der Waals surface area (Å²) in [5.41, 5.74) is 8.74. The van der Waals surface area contributed by atoms with Gasteiger partial charge in [-0.3, -0.25) is 9.69 Å². The summed E-state index contributed by atoms with van der Waals surface area (Å²) in [4.78, 5) is 29.2. The number of carbonyl (C=O) groups is 2. The highest BCUT2D eigenvalue weighted by Crippen LogP contribution is 2.48. The number of carbonyl (C=O) groups excluding carboxylic acids is 2. The summed E-state index contributed by atoms with van der Waals surface area (Å²) in [5, 5.41) is 9.81. The molecule has 9 heteroatoms. The zero-order chi connectivity index (χ0) is 24.8. The average molecular weight is 506 g/mol. The third kappa shape index (κ3) is 4.15. The highest BCUT2D eigenvalue weighted by Gasteiger charge is 2.52. The lowest BCUT2D eigenvalue weighted by molar-refractivity contribution is -0.117. The van der Waals surface area contributed by atoms with Crippen LogP contribution in [-0.4, -0.2) is 42.0 Å². The van der Waals surface area contributed by atoms with E-state index in [1.165, 1.54) is 11.8 Å². The first-order valence-electron chi connectivity index (χ1n) is 12.6. The van der Waals surface area contributed by atoms with Gasteiger partial charge in [-0.25, -0.2) is 4.79 Å². The lowest BCUT2D eigenvalue weighted by Crippen LogP contribution is -2.62. The van der Waals surface area contributed by atoms with Gasteiger partial charge in [0.25, 0.3) is 5.91 Å². The van der Waals surface area contributed by atoms with Gasteiger partial charge >= 0.3 is 6.03 Å². The first kappa shape index (κ1) is 23.4. The van der Waals surface area contributed by atoms with Crippen LogP contribution >= 0.6 is 11.8 Å². The lowest BCUT2D eigenvalue weighted by atomic mass is 9.86. The van der Waals surface area contributed by atoms with E-state index < -0.39 is 0 Å². The Labute approximate surface area is 215 Å². The zero-order valence-corrected chi connectivity index (χ0v) is 21.0. The molecule has 1 saturated carbocycles. The molecule has 5 N–H and O–H groups in total. The molecule has 188 valence electrons. The first-order chi connectivity index (χ1) is 17.5. The van der Waals surface area contributed by atoms with Crippen molar-refractivity contribution >= 4 is 29.4 Å². The monoisotopic (exact) mass is 505 g/mol. The molecule has 2 aromatic carbocycles. The number of thioether (sulfide) groups is 1.